The molecule has 2 heterocycles. The number of aromatic nitrogens is 3. The highest BCUT2D eigenvalue weighted by Gasteiger charge is 2.31. The normalized spacial score (nSPS) is 17.9. The van der Waals surface area contributed by atoms with E-state index in [0.717, 1.165) is 17.5 Å². The van der Waals surface area contributed by atoms with E-state index in [1.165, 1.54) is 17.7 Å². The Labute approximate surface area is 187 Å². The number of fused-ring (bicyclic) bond motifs is 1. The molecule has 0 saturated carbocycles. The number of benzene rings is 3. The van der Waals surface area contributed by atoms with Crippen molar-refractivity contribution >= 4 is 21.9 Å². The van der Waals surface area contributed by atoms with Crippen molar-refractivity contribution in [3.05, 3.63) is 102 Å². The van der Waals surface area contributed by atoms with Gasteiger partial charge in [-0.25, -0.2) is 17.8 Å². The molecule has 0 spiro atoms. The van der Waals surface area contributed by atoms with Crippen LogP contribution in [0.15, 0.2) is 89.8 Å². The molecular weight excluding hydrogens is 422 g/mol. The van der Waals surface area contributed by atoms with Crippen molar-refractivity contribution in [3.63, 3.8) is 0 Å². The van der Waals surface area contributed by atoms with E-state index in [-0.39, 0.29) is 22.9 Å². The Kier molecular flexibility index (Phi) is 5.14. The van der Waals surface area contributed by atoms with Crippen LogP contribution in [0.25, 0.3) is 0 Å². The highest BCUT2D eigenvalue weighted by Crippen LogP contribution is 2.38. The Morgan fingerprint density at radius 3 is 2.25 bits per heavy atom. The highest BCUT2D eigenvalue weighted by molar-refractivity contribution is 7.92. The molecule has 0 bridgehead atoms. The van der Waals surface area contributed by atoms with Crippen LogP contribution in [0.3, 0.4) is 0 Å². The van der Waals surface area contributed by atoms with Gasteiger partial charge in [-0.2, -0.15) is 4.98 Å². The zero-order valence-electron chi connectivity index (χ0n) is 17.5. The average molecular weight is 446 g/mol. The van der Waals surface area contributed by atoms with Crippen molar-refractivity contribution in [2.24, 2.45) is 0 Å². The number of aryl methyl sites for hydroxylation is 1. The Morgan fingerprint density at radius 1 is 0.906 bits per heavy atom. The van der Waals surface area contributed by atoms with Crippen molar-refractivity contribution < 1.29 is 8.42 Å². The fraction of sp³-hybridized carbons (Fsp3) is 0.167. The molecule has 0 amide bonds. The molecule has 8 heteroatoms. The van der Waals surface area contributed by atoms with Crippen LogP contribution in [0.2, 0.25) is 0 Å². The lowest BCUT2D eigenvalue weighted by molar-refractivity contribution is 0.431. The first-order valence-corrected chi connectivity index (χ1v) is 11.9. The smallest absolute Gasteiger partial charge is 0.264 e. The van der Waals surface area contributed by atoms with Crippen molar-refractivity contribution in [2.75, 3.05) is 10.0 Å². The van der Waals surface area contributed by atoms with Gasteiger partial charge in [0.25, 0.3) is 16.0 Å². The van der Waals surface area contributed by atoms with Gasteiger partial charge in [0, 0.05) is 0 Å². The lowest BCUT2D eigenvalue weighted by atomic mass is 9.93. The molecule has 3 aromatic carbocycles. The van der Waals surface area contributed by atoms with E-state index >= 15 is 0 Å². The second-order valence-electron chi connectivity index (χ2n) is 7.89. The third kappa shape index (κ3) is 3.97. The minimum atomic E-state index is -3.78. The minimum Gasteiger partial charge on any atom is -0.347 e. The van der Waals surface area contributed by atoms with Gasteiger partial charge in [0.05, 0.1) is 17.0 Å². The molecule has 2 atom stereocenters. The predicted octanol–water partition coefficient (Wildman–Crippen LogP) is 4.53. The van der Waals surface area contributed by atoms with Crippen LogP contribution in [0, 0.1) is 6.92 Å². The second-order valence-corrected chi connectivity index (χ2v) is 9.57. The van der Waals surface area contributed by atoms with Gasteiger partial charge < -0.3 is 5.32 Å². The quantitative estimate of drug-likeness (QED) is 0.471. The van der Waals surface area contributed by atoms with Crippen molar-refractivity contribution in [1.82, 2.24) is 14.8 Å². The lowest BCUT2D eigenvalue weighted by Crippen LogP contribution is -2.28. The van der Waals surface area contributed by atoms with Crippen LogP contribution in [-0.2, 0) is 10.0 Å². The Bertz CT molecular complexity index is 1320. The van der Waals surface area contributed by atoms with Crippen LogP contribution >= 0.6 is 0 Å². The van der Waals surface area contributed by atoms with Gasteiger partial charge in [0.1, 0.15) is 0 Å². The maximum absolute atomic E-state index is 12.8. The van der Waals surface area contributed by atoms with Crippen LogP contribution < -0.4 is 10.0 Å². The fourth-order valence-corrected chi connectivity index (χ4v) is 4.93. The molecule has 5 rings (SSSR count). The Morgan fingerprint density at radius 2 is 1.56 bits per heavy atom. The van der Waals surface area contributed by atoms with E-state index in [4.69, 9.17) is 0 Å². The monoisotopic (exact) mass is 445 g/mol. The summed E-state index contributed by atoms with van der Waals surface area (Å²) in [5, 5.41) is 7.95. The molecule has 32 heavy (non-hydrogen) atoms. The van der Waals surface area contributed by atoms with Crippen molar-refractivity contribution in [1.29, 1.82) is 0 Å². The van der Waals surface area contributed by atoms with Gasteiger partial charge in [0.15, 0.2) is 0 Å². The molecule has 1 aliphatic heterocycles. The lowest BCUT2D eigenvalue weighted by Gasteiger charge is -2.31. The van der Waals surface area contributed by atoms with Crippen LogP contribution in [0.5, 0.6) is 0 Å². The zero-order valence-corrected chi connectivity index (χ0v) is 18.3. The summed E-state index contributed by atoms with van der Waals surface area (Å²) in [6.45, 7) is 2.05. The summed E-state index contributed by atoms with van der Waals surface area (Å²) < 4.78 is 29.8. The third-order valence-electron chi connectivity index (χ3n) is 5.63. The third-order valence-corrected chi connectivity index (χ3v) is 6.98. The summed E-state index contributed by atoms with van der Waals surface area (Å²) in [7, 11) is -3.78. The van der Waals surface area contributed by atoms with E-state index < -0.39 is 10.0 Å². The standard InChI is InChI=1S/C24H23N5O2S/c1-17-12-14-19(15-13-17)22-16-21(18-8-4-2-5-9-18)25-24-26-23(27-29(22)24)28-32(30,31)20-10-6-3-7-11-20/h2-15,21-22H,16H2,1H3,(H2,25,26,27,28)/t21-,22-/m0/s1. The topological polar surface area (TPSA) is 88.9 Å². The number of rotatable bonds is 5. The van der Waals surface area contributed by atoms with Gasteiger partial charge in [-0.15, -0.1) is 5.10 Å². The highest BCUT2D eigenvalue weighted by atomic mass is 32.2. The Hall–Kier alpha value is -3.65. The van der Waals surface area contributed by atoms with Crippen LogP contribution in [-0.4, -0.2) is 23.2 Å². The number of nitrogens with zero attached hydrogens (tertiary/aromatic N) is 3. The number of hydrogen-bond acceptors (Lipinski definition) is 5. The van der Waals surface area contributed by atoms with Crippen LogP contribution in [0.1, 0.15) is 35.2 Å². The number of nitrogens with one attached hydrogen (secondary N) is 2. The maximum atomic E-state index is 12.8. The molecule has 0 radical (unpaired) electrons. The first kappa shape index (κ1) is 20.3. The molecule has 1 aromatic heterocycles. The van der Waals surface area contributed by atoms with Crippen molar-refractivity contribution in [2.45, 2.75) is 30.3 Å². The van der Waals surface area contributed by atoms with E-state index in [0.29, 0.717) is 5.95 Å². The number of anilines is 2. The molecule has 0 unspecified atom stereocenters. The van der Waals surface area contributed by atoms with E-state index in [1.807, 2.05) is 18.2 Å². The molecule has 7 nitrogen and oxygen atoms in total. The number of hydrogen-bond donors (Lipinski definition) is 2. The van der Waals surface area contributed by atoms with Crippen LogP contribution in [0.4, 0.5) is 11.9 Å². The summed E-state index contributed by atoms with van der Waals surface area (Å²) in [6, 6.07) is 26.6. The SMILES string of the molecule is Cc1ccc([C@@H]2C[C@@H](c3ccccc3)Nc3nc(NS(=O)(=O)c4ccccc4)nn32)cc1. The van der Waals surface area contributed by atoms with Gasteiger partial charge in [-0.05, 0) is 36.6 Å². The molecule has 0 saturated heterocycles. The summed E-state index contributed by atoms with van der Waals surface area (Å²) in [5.74, 6) is 0.573. The van der Waals surface area contributed by atoms with Gasteiger partial charge in [0.2, 0.25) is 5.95 Å². The molecule has 162 valence electrons. The molecule has 4 aromatic rings. The first-order chi connectivity index (χ1) is 15.5. The minimum absolute atomic E-state index is 0.0257. The Balaban J connectivity index is 1.52. The summed E-state index contributed by atoms with van der Waals surface area (Å²) in [6.07, 6.45) is 0.758. The number of sulfonamides is 1. The molecule has 0 aliphatic carbocycles. The molecule has 0 fully saturated rings. The summed E-state index contributed by atoms with van der Waals surface area (Å²) in [4.78, 5) is 4.65. The maximum Gasteiger partial charge on any atom is 0.264 e. The second kappa shape index (κ2) is 8.12. The van der Waals surface area contributed by atoms with E-state index in [1.54, 1.807) is 22.9 Å². The first-order valence-electron chi connectivity index (χ1n) is 10.4. The fourth-order valence-electron chi connectivity index (χ4n) is 3.97. The summed E-state index contributed by atoms with van der Waals surface area (Å²) in [5.41, 5.74) is 3.42. The molecule has 2 N–H and O–H groups in total. The molecule has 1 aliphatic rings. The van der Waals surface area contributed by atoms with Crippen molar-refractivity contribution in [3.8, 4) is 0 Å². The van der Waals surface area contributed by atoms with Gasteiger partial charge in [-0.3, -0.25) is 0 Å². The van der Waals surface area contributed by atoms with E-state index in [9.17, 15) is 8.42 Å². The van der Waals surface area contributed by atoms with E-state index in [2.05, 4.69) is 63.4 Å². The zero-order chi connectivity index (χ0) is 22.1. The largest absolute Gasteiger partial charge is 0.347 e. The average Bonchev–Trinajstić information content (AvgIpc) is 3.22. The summed E-state index contributed by atoms with van der Waals surface area (Å²) >= 11 is 0. The molecular formula is C24H23N5O2S. The van der Waals surface area contributed by atoms with Gasteiger partial charge >= 0.3 is 0 Å². The predicted molar refractivity (Wildman–Crippen MR) is 124 cm³/mol. The van der Waals surface area contributed by atoms with Gasteiger partial charge in [-0.1, -0.05) is 78.4 Å².